The molecule has 5 heteroatoms. The van der Waals surface area contributed by atoms with Crippen LogP contribution in [0.2, 0.25) is 0 Å². The number of nitrogens with one attached hydrogen (secondary N) is 1. The molecule has 1 aromatic carbocycles. The highest BCUT2D eigenvalue weighted by Gasteiger charge is 2.14. The third kappa shape index (κ3) is 3.20. The summed E-state index contributed by atoms with van der Waals surface area (Å²) >= 11 is 0. The van der Waals surface area contributed by atoms with Crippen LogP contribution in [0.1, 0.15) is 29.6 Å². The number of halogens is 1. The second kappa shape index (κ2) is 5.82. The van der Waals surface area contributed by atoms with E-state index in [9.17, 15) is 9.18 Å². The molecule has 98 valence electrons. The van der Waals surface area contributed by atoms with Crippen molar-refractivity contribution in [1.29, 1.82) is 0 Å². The van der Waals surface area contributed by atoms with Crippen LogP contribution in [0.3, 0.4) is 0 Å². The molecule has 1 heterocycles. The van der Waals surface area contributed by atoms with Gasteiger partial charge in [-0.2, -0.15) is 0 Å². The fraction of sp³-hybridized carbons (Fsp3) is 0.462. The molecule has 1 aliphatic heterocycles. The lowest BCUT2D eigenvalue weighted by molar-refractivity contribution is 0.0999. The molecule has 1 atom stereocenters. The molecule has 1 amide bonds. The first-order valence-electron chi connectivity index (χ1n) is 6.12. The van der Waals surface area contributed by atoms with Crippen molar-refractivity contribution >= 4 is 5.91 Å². The monoisotopic (exact) mass is 252 g/mol. The first-order valence-corrected chi connectivity index (χ1v) is 6.12. The predicted molar refractivity (Wildman–Crippen MR) is 66.1 cm³/mol. The summed E-state index contributed by atoms with van der Waals surface area (Å²) in [7, 11) is 0. The Hall–Kier alpha value is -1.62. The van der Waals surface area contributed by atoms with Crippen LogP contribution in [0.25, 0.3) is 0 Å². The van der Waals surface area contributed by atoms with Gasteiger partial charge in [0.2, 0.25) is 5.91 Å². The molecule has 0 bridgehead atoms. The summed E-state index contributed by atoms with van der Waals surface area (Å²) in [5.74, 6) is -1.04. The minimum atomic E-state index is -0.644. The maximum Gasteiger partial charge on any atom is 0.248 e. The average Bonchev–Trinajstić information content (AvgIpc) is 2.38. The third-order valence-electron chi connectivity index (χ3n) is 3.07. The van der Waals surface area contributed by atoms with E-state index in [2.05, 4.69) is 5.32 Å². The standard InChI is InChI=1S/C13H17FN2O2/c14-11-7-9(13(15)17)4-5-12(11)18-8-10-3-1-2-6-16-10/h4-5,7,10,16H,1-3,6,8H2,(H2,15,17). The molecule has 0 saturated carbocycles. The van der Waals surface area contributed by atoms with Crippen molar-refractivity contribution < 1.29 is 13.9 Å². The van der Waals surface area contributed by atoms with Crippen molar-refractivity contribution in [2.75, 3.05) is 13.2 Å². The SMILES string of the molecule is NC(=O)c1ccc(OCC2CCCCN2)c(F)c1. The van der Waals surface area contributed by atoms with Gasteiger partial charge in [-0.3, -0.25) is 4.79 Å². The fourth-order valence-electron chi connectivity index (χ4n) is 2.03. The summed E-state index contributed by atoms with van der Waals surface area (Å²) in [6.45, 7) is 1.42. The largest absolute Gasteiger partial charge is 0.489 e. The molecule has 0 radical (unpaired) electrons. The van der Waals surface area contributed by atoms with Crippen LogP contribution in [-0.4, -0.2) is 25.1 Å². The third-order valence-corrected chi connectivity index (χ3v) is 3.07. The molecule has 0 aliphatic carbocycles. The minimum absolute atomic E-state index is 0.149. The normalized spacial score (nSPS) is 19.5. The Bertz CT molecular complexity index is 431. The van der Waals surface area contributed by atoms with Crippen molar-refractivity contribution in [3.8, 4) is 5.75 Å². The van der Waals surface area contributed by atoms with E-state index in [1.165, 1.54) is 25.0 Å². The highest BCUT2D eigenvalue weighted by atomic mass is 19.1. The summed E-state index contributed by atoms with van der Waals surface area (Å²) in [5.41, 5.74) is 5.22. The lowest BCUT2D eigenvalue weighted by Gasteiger charge is -2.23. The number of piperidine rings is 1. The number of carbonyl (C=O) groups is 1. The molecular weight excluding hydrogens is 235 g/mol. The average molecular weight is 252 g/mol. The summed E-state index contributed by atoms with van der Waals surface area (Å²) in [6, 6.07) is 4.29. The zero-order valence-corrected chi connectivity index (χ0v) is 10.1. The zero-order valence-electron chi connectivity index (χ0n) is 10.1. The Labute approximate surface area is 105 Å². The fourth-order valence-corrected chi connectivity index (χ4v) is 2.03. The second-order valence-electron chi connectivity index (χ2n) is 4.47. The van der Waals surface area contributed by atoms with Crippen molar-refractivity contribution in [2.24, 2.45) is 5.73 Å². The summed E-state index contributed by atoms with van der Waals surface area (Å²) in [6.07, 6.45) is 3.39. The minimum Gasteiger partial charge on any atom is -0.489 e. The topological polar surface area (TPSA) is 64.4 Å². The van der Waals surface area contributed by atoms with Crippen LogP contribution in [-0.2, 0) is 0 Å². The van der Waals surface area contributed by atoms with Gasteiger partial charge in [-0.25, -0.2) is 4.39 Å². The molecule has 18 heavy (non-hydrogen) atoms. The highest BCUT2D eigenvalue weighted by molar-refractivity contribution is 5.92. The van der Waals surface area contributed by atoms with Gasteiger partial charge < -0.3 is 15.8 Å². The molecule has 4 nitrogen and oxygen atoms in total. The Balaban J connectivity index is 1.94. The van der Waals surface area contributed by atoms with Gasteiger partial charge in [-0.1, -0.05) is 6.42 Å². The van der Waals surface area contributed by atoms with E-state index in [-0.39, 0.29) is 17.4 Å². The van der Waals surface area contributed by atoms with Crippen LogP contribution >= 0.6 is 0 Å². The number of benzene rings is 1. The Kier molecular flexibility index (Phi) is 4.15. The smallest absolute Gasteiger partial charge is 0.248 e. The maximum atomic E-state index is 13.6. The quantitative estimate of drug-likeness (QED) is 0.852. The Morgan fingerprint density at radius 2 is 2.33 bits per heavy atom. The van der Waals surface area contributed by atoms with Crippen LogP contribution in [0.5, 0.6) is 5.75 Å². The number of ether oxygens (including phenoxy) is 1. The van der Waals surface area contributed by atoms with Crippen molar-refractivity contribution in [3.05, 3.63) is 29.6 Å². The van der Waals surface area contributed by atoms with Gasteiger partial charge in [-0.05, 0) is 37.6 Å². The highest BCUT2D eigenvalue weighted by Crippen LogP contribution is 2.19. The number of nitrogens with two attached hydrogens (primary N) is 1. The van der Waals surface area contributed by atoms with Gasteiger partial charge in [0.1, 0.15) is 6.61 Å². The molecule has 1 aromatic rings. The van der Waals surface area contributed by atoms with Crippen LogP contribution in [0.4, 0.5) is 4.39 Å². The predicted octanol–water partition coefficient (Wildman–Crippen LogP) is 1.45. The van der Waals surface area contributed by atoms with Gasteiger partial charge in [-0.15, -0.1) is 0 Å². The number of hydrogen-bond acceptors (Lipinski definition) is 3. The first-order chi connectivity index (χ1) is 8.66. The molecule has 1 fully saturated rings. The summed E-state index contributed by atoms with van der Waals surface area (Å²) in [5, 5.41) is 3.32. The van der Waals surface area contributed by atoms with Gasteiger partial charge >= 0.3 is 0 Å². The zero-order chi connectivity index (χ0) is 13.0. The second-order valence-corrected chi connectivity index (χ2v) is 4.47. The number of hydrogen-bond donors (Lipinski definition) is 2. The van der Waals surface area contributed by atoms with Crippen molar-refractivity contribution in [2.45, 2.75) is 25.3 Å². The molecule has 0 spiro atoms. The van der Waals surface area contributed by atoms with Gasteiger partial charge in [0, 0.05) is 11.6 Å². The van der Waals surface area contributed by atoms with E-state index in [1.54, 1.807) is 0 Å². The molecule has 3 N–H and O–H groups in total. The molecule has 1 saturated heterocycles. The van der Waals surface area contributed by atoms with E-state index in [1.807, 2.05) is 0 Å². The Morgan fingerprint density at radius 3 is 2.94 bits per heavy atom. The maximum absolute atomic E-state index is 13.6. The molecular formula is C13H17FN2O2. The van der Waals surface area contributed by atoms with Crippen LogP contribution < -0.4 is 15.8 Å². The number of rotatable bonds is 4. The first kappa shape index (κ1) is 12.8. The van der Waals surface area contributed by atoms with Gasteiger partial charge in [0.05, 0.1) is 0 Å². The molecule has 1 unspecified atom stereocenters. The van der Waals surface area contributed by atoms with Crippen LogP contribution in [0.15, 0.2) is 18.2 Å². The number of amides is 1. The summed E-state index contributed by atoms with van der Waals surface area (Å²) < 4.78 is 19.0. The lowest BCUT2D eigenvalue weighted by Crippen LogP contribution is -2.38. The van der Waals surface area contributed by atoms with Gasteiger partial charge in [0.15, 0.2) is 11.6 Å². The molecule has 1 aliphatic rings. The van der Waals surface area contributed by atoms with E-state index in [4.69, 9.17) is 10.5 Å². The summed E-state index contributed by atoms with van der Waals surface area (Å²) in [4.78, 5) is 10.9. The molecule has 0 aromatic heterocycles. The van der Waals surface area contributed by atoms with Crippen molar-refractivity contribution in [3.63, 3.8) is 0 Å². The number of carbonyl (C=O) groups excluding carboxylic acids is 1. The molecule has 2 rings (SSSR count). The van der Waals surface area contributed by atoms with Gasteiger partial charge in [0.25, 0.3) is 0 Å². The van der Waals surface area contributed by atoms with Crippen molar-refractivity contribution in [1.82, 2.24) is 5.32 Å². The lowest BCUT2D eigenvalue weighted by atomic mass is 10.1. The van der Waals surface area contributed by atoms with E-state index in [0.29, 0.717) is 6.61 Å². The number of primary amides is 1. The Morgan fingerprint density at radius 1 is 1.50 bits per heavy atom. The van der Waals surface area contributed by atoms with Crippen LogP contribution in [0, 0.1) is 5.82 Å². The van der Waals surface area contributed by atoms with E-state index < -0.39 is 11.7 Å². The van der Waals surface area contributed by atoms with E-state index in [0.717, 1.165) is 19.0 Å². The van der Waals surface area contributed by atoms with E-state index >= 15 is 0 Å².